The average molecular weight is 521 g/mol. The van der Waals surface area contributed by atoms with Crippen molar-refractivity contribution in [2.24, 2.45) is 0 Å². The number of urea groups is 1. The molecule has 1 aliphatic heterocycles. The monoisotopic (exact) mass is 520 g/mol. The second-order valence-corrected chi connectivity index (χ2v) is 10.1. The summed E-state index contributed by atoms with van der Waals surface area (Å²) in [6.07, 6.45) is 1.80. The third-order valence-electron chi connectivity index (χ3n) is 6.29. The Bertz CT molecular complexity index is 1390. The molecule has 37 heavy (non-hydrogen) atoms. The highest BCUT2D eigenvalue weighted by atomic mass is 32.1. The lowest BCUT2D eigenvalue weighted by atomic mass is 10.2. The van der Waals surface area contributed by atoms with Gasteiger partial charge in [0.25, 0.3) is 0 Å². The molecule has 9 nitrogen and oxygen atoms in total. The number of nitrogens with zero attached hydrogens (tertiary/aromatic N) is 7. The zero-order valence-corrected chi connectivity index (χ0v) is 21.9. The molecule has 1 N–H and O–H groups in total. The highest BCUT2D eigenvalue weighted by Gasteiger charge is 2.22. The summed E-state index contributed by atoms with van der Waals surface area (Å²) in [5.41, 5.74) is 2.79. The Balaban J connectivity index is 1.23. The number of amides is 2. The zero-order valence-electron chi connectivity index (χ0n) is 21.1. The number of halogens is 1. The van der Waals surface area contributed by atoms with Crippen LogP contribution >= 0.6 is 11.3 Å². The molecule has 1 aliphatic rings. The predicted octanol–water partition coefficient (Wildman–Crippen LogP) is 4.54. The predicted molar refractivity (Wildman–Crippen MR) is 145 cm³/mol. The molecule has 4 heterocycles. The van der Waals surface area contributed by atoms with Crippen molar-refractivity contribution < 1.29 is 9.18 Å². The standard InChI is InChI=1S/C26H29FN8OS/c1-32(2)26(36)35-14-12-34(13-15-35)17-18-10-11-28-22(16-18)30-25-29-21-8-9-23(31-24(21)37-25)33(3)20-6-4-19(27)5-7-20/h4-11,16H,12-15,17H2,1-3H3,(H,28,29,30). The van der Waals surface area contributed by atoms with Gasteiger partial charge in [-0.25, -0.2) is 24.1 Å². The number of anilines is 4. The molecule has 2 amide bonds. The minimum atomic E-state index is -0.268. The lowest BCUT2D eigenvalue weighted by molar-refractivity contribution is 0.120. The van der Waals surface area contributed by atoms with Crippen molar-refractivity contribution in [2.45, 2.75) is 6.54 Å². The van der Waals surface area contributed by atoms with Gasteiger partial charge in [0.1, 0.15) is 27.8 Å². The first-order valence-electron chi connectivity index (χ1n) is 12.0. The van der Waals surface area contributed by atoms with Gasteiger partial charge in [0.2, 0.25) is 0 Å². The Kier molecular flexibility index (Phi) is 7.15. The minimum Gasteiger partial charge on any atom is -0.331 e. The summed E-state index contributed by atoms with van der Waals surface area (Å²) in [7, 11) is 5.47. The summed E-state index contributed by atoms with van der Waals surface area (Å²) >= 11 is 1.46. The number of hydrogen-bond acceptors (Lipinski definition) is 8. The molecule has 0 bridgehead atoms. The third kappa shape index (κ3) is 5.78. The largest absolute Gasteiger partial charge is 0.331 e. The molecular weight excluding hydrogens is 491 g/mol. The van der Waals surface area contributed by atoms with E-state index in [0.29, 0.717) is 5.13 Å². The molecular formula is C26H29FN8OS. The summed E-state index contributed by atoms with van der Waals surface area (Å²) in [6.45, 7) is 3.92. The molecule has 0 aliphatic carbocycles. The molecule has 0 atom stereocenters. The van der Waals surface area contributed by atoms with Crippen LogP contribution in [0.2, 0.25) is 0 Å². The fraction of sp³-hybridized carbons (Fsp3) is 0.308. The lowest BCUT2D eigenvalue weighted by Gasteiger charge is -2.35. The summed E-state index contributed by atoms with van der Waals surface area (Å²) < 4.78 is 13.3. The van der Waals surface area contributed by atoms with Crippen LogP contribution in [0.25, 0.3) is 10.3 Å². The van der Waals surface area contributed by atoms with E-state index < -0.39 is 0 Å². The van der Waals surface area contributed by atoms with E-state index in [1.807, 2.05) is 41.1 Å². The molecule has 1 aromatic carbocycles. The number of rotatable bonds is 6. The smallest absolute Gasteiger partial charge is 0.319 e. The number of carbonyl (C=O) groups is 1. The first-order valence-corrected chi connectivity index (χ1v) is 12.8. The molecule has 0 unspecified atom stereocenters. The van der Waals surface area contributed by atoms with E-state index in [1.165, 1.54) is 23.5 Å². The number of pyridine rings is 2. The number of thiazole rings is 1. The number of fused-ring (bicyclic) bond motifs is 1. The van der Waals surface area contributed by atoms with Crippen LogP contribution in [0.3, 0.4) is 0 Å². The van der Waals surface area contributed by atoms with E-state index in [9.17, 15) is 9.18 Å². The van der Waals surface area contributed by atoms with E-state index in [4.69, 9.17) is 4.98 Å². The molecule has 3 aromatic heterocycles. The first kappa shape index (κ1) is 24.8. The molecule has 0 radical (unpaired) electrons. The third-order valence-corrected chi connectivity index (χ3v) is 7.17. The van der Waals surface area contributed by atoms with Gasteiger partial charge in [0.05, 0.1) is 0 Å². The SMILES string of the molecule is CN(C)C(=O)N1CCN(Cc2ccnc(Nc3nc4ccc(N(C)c5ccc(F)cc5)nc4s3)c2)CC1. The van der Waals surface area contributed by atoms with Gasteiger partial charge in [-0.2, -0.15) is 0 Å². The average Bonchev–Trinajstić information content (AvgIpc) is 3.30. The van der Waals surface area contributed by atoms with Crippen LogP contribution < -0.4 is 10.2 Å². The number of carbonyl (C=O) groups excluding carboxylic acids is 1. The normalized spacial score (nSPS) is 14.1. The summed E-state index contributed by atoms with van der Waals surface area (Å²) in [5, 5.41) is 4.03. The number of piperazine rings is 1. The second kappa shape index (κ2) is 10.7. The number of benzene rings is 1. The summed E-state index contributed by atoms with van der Waals surface area (Å²) in [4.78, 5) is 34.6. The van der Waals surface area contributed by atoms with Gasteiger partial charge in [-0.15, -0.1) is 0 Å². The lowest BCUT2D eigenvalue weighted by Crippen LogP contribution is -2.51. The topological polar surface area (TPSA) is 80.7 Å². The second-order valence-electron chi connectivity index (χ2n) is 9.16. The molecule has 0 spiro atoms. The van der Waals surface area contributed by atoms with Crippen molar-refractivity contribution in [3.63, 3.8) is 0 Å². The fourth-order valence-electron chi connectivity index (χ4n) is 4.23. The molecule has 11 heteroatoms. The fourth-order valence-corrected chi connectivity index (χ4v) is 5.07. The van der Waals surface area contributed by atoms with Crippen LogP contribution in [0.15, 0.2) is 54.7 Å². The summed E-state index contributed by atoms with van der Waals surface area (Å²) in [6, 6.07) is 14.3. The number of nitrogens with one attached hydrogen (secondary N) is 1. The Hall–Kier alpha value is -3.83. The molecule has 192 valence electrons. The molecule has 4 aromatic rings. The first-order chi connectivity index (χ1) is 17.9. The quantitative estimate of drug-likeness (QED) is 0.400. The highest BCUT2D eigenvalue weighted by molar-refractivity contribution is 7.21. The van der Waals surface area contributed by atoms with Crippen LogP contribution in [0.4, 0.5) is 31.6 Å². The maximum absolute atomic E-state index is 13.3. The van der Waals surface area contributed by atoms with Gasteiger partial charge in [-0.05, 0) is 54.1 Å². The van der Waals surface area contributed by atoms with Gasteiger partial charge in [0, 0.05) is 65.8 Å². The van der Waals surface area contributed by atoms with E-state index >= 15 is 0 Å². The van der Waals surface area contributed by atoms with Crippen molar-refractivity contribution in [1.82, 2.24) is 29.7 Å². The van der Waals surface area contributed by atoms with Crippen molar-refractivity contribution in [3.8, 4) is 0 Å². The maximum Gasteiger partial charge on any atom is 0.319 e. The van der Waals surface area contributed by atoms with Crippen molar-refractivity contribution >= 4 is 50.2 Å². The van der Waals surface area contributed by atoms with E-state index in [0.717, 1.165) is 66.0 Å². The van der Waals surface area contributed by atoms with Gasteiger partial charge in [0.15, 0.2) is 5.13 Å². The van der Waals surface area contributed by atoms with E-state index in [1.54, 1.807) is 37.3 Å². The van der Waals surface area contributed by atoms with Gasteiger partial charge < -0.3 is 20.0 Å². The van der Waals surface area contributed by atoms with Crippen LogP contribution in [0.5, 0.6) is 0 Å². The number of hydrogen-bond donors (Lipinski definition) is 1. The summed E-state index contributed by atoms with van der Waals surface area (Å²) in [5.74, 6) is 1.21. The van der Waals surface area contributed by atoms with Crippen LogP contribution in [0.1, 0.15) is 5.56 Å². The van der Waals surface area contributed by atoms with Crippen molar-refractivity contribution in [1.29, 1.82) is 0 Å². The van der Waals surface area contributed by atoms with Crippen molar-refractivity contribution in [3.05, 3.63) is 66.1 Å². The number of aromatic nitrogens is 3. The Morgan fingerprint density at radius 1 is 1.03 bits per heavy atom. The van der Waals surface area contributed by atoms with E-state index in [-0.39, 0.29) is 11.8 Å². The van der Waals surface area contributed by atoms with Gasteiger partial charge in [-0.3, -0.25) is 4.90 Å². The Morgan fingerprint density at radius 3 is 2.51 bits per heavy atom. The molecule has 1 fully saturated rings. The molecule has 0 saturated carbocycles. The molecule has 5 rings (SSSR count). The Morgan fingerprint density at radius 2 is 1.78 bits per heavy atom. The van der Waals surface area contributed by atoms with E-state index in [2.05, 4.69) is 20.2 Å². The Labute approximate surface area is 219 Å². The highest BCUT2D eigenvalue weighted by Crippen LogP contribution is 2.30. The maximum atomic E-state index is 13.3. The minimum absolute atomic E-state index is 0.0644. The molecule has 1 saturated heterocycles. The van der Waals surface area contributed by atoms with Crippen molar-refractivity contribution in [2.75, 3.05) is 57.5 Å². The van der Waals surface area contributed by atoms with Crippen LogP contribution in [0, 0.1) is 5.82 Å². The van der Waals surface area contributed by atoms with Crippen LogP contribution in [-0.4, -0.2) is 83.0 Å². The zero-order chi connectivity index (χ0) is 25.9. The van der Waals surface area contributed by atoms with Gasteiger partial charge >= 0.3 is 6.03 Å². The van der Waals surface area contributed by atoms with Gasteiger partial charge in [-0.1, -0.05) is 11.3 Å². The van der Waals surface area contributed by atoms with Crippen LogP contribution in [-0.2, 0) is 6.54 Å².